The molecule has 0 aliphatic carbocycles. The molecule has 2 aromatic rings. The normalized spacial score (nSPS) is 15.4. The number of aromatic nitrogens is 1. The molecule has 0 unspecified atom stereocenters. The highest BCUT2D eigenvalue weighted by Gasteiger charge is 2.32. The Morgan fingerprint density at radius 2 is 2.12 bits per heavy atom. The Labute approximate surface area is 150 Å². The number of benzene rings is 1. The summed E-state index contributed by atoms with van der Waals surface area (Å²) in [5.41, 5.74) is 0.356. The van der Waals surface area contributed by atoms with Gasteiger partial charge in [0.05, 0.1) is 27.7 Å². The molecule has 134 valence electrons. The number of sulfonamides is 1. The minimum atomic E-state index is -3.86. The van der Waals surface area contributed by atoms with E-state index in [0.29, 0.717) is 23.8 Å². The third-order valence-electron chi connectivity index (χ3n) is 4.01. The van der Waals surface area contributed by atoms with E-state index >= 15 is 0 Å². The first-order valence-corrected chi connectivity index (χ1v) is 9.53. The van der Waals surface area contributed by atoms with Crippen LogP contribution in [0.15, 0.2) is 27.5 Å². The predicted octanol–water partition coefficient (Wildman–Crippen LogP) is 2.90. The second-order valence-corrected chi connectivity index (χ2v) is 8.46. The van der Waals surface area contributed by atoms with Crippen molar-refractivity contribution in [3.63, 3.8) is 0 Å². The van der Waals surface area contributed by atoms with E-state index in [1.54, 1.807) is 0 Å². The molecule has 0 bridgehead atoms. The minimum Gasteiger partial charge on any atom is -0.478 e. The minimum absolute atomic E-state index is 0.00884. The van der Waals surface area contributed by atoms with Gasteiger partial charge < -0.3 is 9.52 Å². The van der Waals surface area contributed by atoms with Gasteiger partial charge in [0, 0.05) is 18.9 Å². The number of carboxylic acids is 1. The highest BCUT2D eigenvalue weighted by Crippen LogP contribution is 2.29. The lowest BCUT2D eigenvalue weighted by Gasteiger charge is -2.24. The molecule has 0 saturated heterocycles. The third kappa shape index (κ3) is 3.29. The van der Waals surface area contributed by atoms with Gasteiger partial charge in [-0.1, -0.05) is 25.4 Å². The van der Waals surface area contributed by atoms with Crippen LogP contribution in [0.25, 0.3) is 0 Å². The zero-order chi connectivity index (χ0) is 18.4. The number of carbonyl (C=O) groups is 1. The second-order valence-electron chi connectivity index (χ2n) is 6.11. The Morgan fingerprint density at radius 3 is 2.76 bits per heavy atom. The summed E-state index contributed by atoms with van der Waals surface area (Å²) in [7, 11) is -3.86. The number of hydrogen-bond acceptors (Lipinski definition) is 5. The first-order valence-electron chi connectivity index (χ1n) is 7.71. The molecule has 0 amide bonds. The zero-order valence-electron chi connectivity index (χ0n) is 13.7. The fraction of sp³-hybridized carbons (Fsp3) is 0.375. The highest BCUT2D eigenvalue weighted by atomic mass is 35.5. The Hall–Kier alpha value is -1.90. The molecule has 1 aliphatic rings. The fourth-order valence-electron chi connectivity index (χ4n) is 2.62. The molecule has 1 aromatic carbocycles. The molecular formula is C16H17ClN2O5S. The SMILES string of the molecule is CC(C)c1nc2c(o1)CCN(S(=O)(=O)c1ccc(Cl)c(C(=O)O)c1)C2. The largest absolute Gasteiger partial charge is 0.478 e. The van der Waals surface area contributed by atoms with E-state index in [1.165, 1.54) is 16.4 Å². The molecule has 1 aromatic heterocycles. The van der Waals surface area contributed by atoms with Crippen molar-refractivity contribution in [2.45, 2.75) is 37.6 Å². The Bertz CT molecular complexity index is 936. The monoisotopic (exact) mass is 384 g/mol. The van der Waals surface area contributed by atoms with Gasteiger partial charge in [0.1, 0.15) is 5.76 Å². The van der Waals surface area contributed by atoms with Crippen LogP contribution >= 0.6 is 11.6 Å². The van der Waals surface area contributed by atoms with Gasteiger partial charge in [0.25, 0.3) is 0 Å². The van der Waals surface area contributed by atoms with Gasteiger partial charge in [-0.2, -0.15) is 4.31 Å². The Balaban J connectivity index is 1.93. The van der Waals surface area contributed by atoms with Crippen LogP contribution in [0.1, 0.15) is 47.5 Å². The lowest BCUT2D eigenvalue weighted by molar-refractivity contribution is 0.0697. The zero-order valence-corrected chi connectivity index (χ0v) is 15.3. The number of nitrogens with zero attached hydrogens (tertiary/aromatic N) is 2. The second kappa shape index (κ2) is 6.44. The van der Waals surface area contributed by atoms with E-state index in [4.69, 9.17) is 21.1 Å². The van der Waals surface area contributed by atoms with Gasteiger partial charge in [0.15, 0.2) is 5.89 Å². The van der Waals surface area contributed by atoms with Gasteiger partial charge in [-0.3, -0.25) is 0 Å². The molecule has 0 spiro atoms. The molecular weight excluding hydrogens is 368 g/mol. The van der Waals surface area contributed by atoms with Crippen LogP contribution < -0.4 is 0 Å². The Morgan fingerprint density at radius 1 is 1.40 bits per heavy atom. The number of aromatic carboxylic acids is 1. The summed E-state index contributed by atoms with van der Waals surface area (Å²) < 4.78 is 32.7. The maximum absolute atomic E-state index is 12.9. The molecule has 7 nitrogen and oxygen atoms in total. The molecule has 0 saturated carbocycles. The molecule has 1 aliphatic heterocycles. The maximum atomic E-state index is 12.9. The van der Waals surface area contributed by atoms with Crippen molar-refractivity contribution in [2.75, 3.05) is 6.54 Å². The topological polar surface area (TPSA) is 101 Å². The van der Waals surface area contributed by atoms with Gasteiger partial charge in [0.2, 0.25) is 10.0 Å². The first-order chi connectivity index (χ1) is 11.7. The summed E-state index contributed by atoms with van der Waals surface area (Å²) in [6.45, 7) is 4.24. The molecule has 3 rings (SSSR count). The van der Waals surface area contributed by atoms with Crippen LogP contribution in [0.5, 0.6) is 0 Å². The van der Waals surface area contributed by atoms with E-state index in [2.05, 4.69) is 4.98 Å². The van der Waals surface area contributed by atoms with Gasteiger partial charge in [-0.15, -0.1) is 0 Å². The number of carboxylic acid groups (broad SMARTS) is 1. The van der Waals surface area contributed by atoms with E-state index in [0.717, 1.165) is 6.07 Å². The molecule has 9 heteroatoms. The predicted molar refractivity (Wildman–Crippen MR) is 90.3 cm³/mol. The summed E-state index contributed by atoms with van der Waals surface area (Å²) in [6, 6.07) is 3.67. The summed E-state index contributed by atoms with van der Waals surface area (Å²) in [5.74, 6) is 0.132. The quantitative estimate of drug-likeness (QED) is 0.869. The molecule has 0 radical (unpaired) electrons. The number of hydrogen-bond donors (Lipinski definition) is 1. The van der Waals surface area contributed by atoms with E-state index in [-0.39, 0.29) is 34.5 Å². The summed E-state index contributed by atoms with van der Waals surface area (Å²) >= 11 is 5.81. The lowest BCUT2D eigenvalue weighted by Crippen LogP contribution is -2.35. The molecule has 1 N–H and O–H groups in total. The van der Waals surface area contributed by atoms with Crippen LogP contribution in [0, 0.1) is 0 Å². The van der Waals surface area contributed by atoms with Crippen LogP contribution in [-0.2, 0) is 23.0 Å². The van der Waals surface area contributed by atoms with Crippen molar-refractivity contribution in [1.29, 1.82) is 0 Å². The number of fused-ring (bicyclic) bond motifs is 1. The van der Waals surface area contributed by atoms with Crippen LogP contribution in [0.4, 0.5) is 0 Å². The molecule has 25 heavy (non-hydrogen) atoms. The maximum Gasteiger partial charge on any atom is 0.337 e. The van der Waals surface area contributed by atoms with Crippen LogP contribution in [0.3, 0.4) is 0 Å². The first kappa shape index (κ1) is 17.9. The van der Waals surface area contributed by atoms with Crippen molar-refractivity contribution >= 4 is 27.6 Å². The average molecular weight is 385 g/mol. The van der Waals surface area contributed by atoms with Crippen molar-refractivity contribution < 1.29 is 22.7 Å². The van der Waals surface area contributed by atoms with E-state index in [9.17, 15) is 13.2 Å². The van der Waals surface area contributed by atoms with Gasteiger partial charge >= 0.3 is 5.97 Å². The number of rotatable bonds is 4. The third-order valence-corrected chi connectivity index (χ3v) is 6.18. The van der Waals surface area contributed by atoms with E-state index < -0.39 is 16.0 Å². The highest BCUT2D eigenvalue weighted by molar-refractivity contribution is 7.89. The van der Waals surface area contributed by atoms with Crippen LogP contribution in [-0.4, -0.2) is 35.3 Å². The fourth-order valence-corrected chi connectivity index (χ4v) is 4.25. The summed E-state index contributed by atoms with van der Waals surface area (Å²) in [5, 5.41) is 9.13. The van der Waals surface area contributed by atoms with Crippen LogP contribution in [0.2, 0.25) is 5.02 Å². The van der Waals surface area contributed by atoms with Crippen molar-refractivity contribution in [3.05, 3.63) is 46.1 Å². The average Bonchev–Trinajstić information content (AvgIpc) is 2.98. The standard InChI is InChI=1S/C16H17ClN2O5S/c1-9(2)15-18-13-8-19(6-5-14(13)24-15)25(22,23)10-3-4-12(17)11(7-10)16(20)21/h3-4,7,9H,5-6,8H2,1-2H3,(H,20,21). The van der Waals surface area contributed by atoms with Crippen molar-refractivity contribution in [2.24, 2.45) is 0 Å². The Kier molecular flexibility index (Phi) is 4.61. The number of oxazole rings is 1. The molecule has 2 heterocycles. The summed E-state index contributed by atoms with van der Waals surface area (Å²) in [6.07, 6.45) is 0.424. The van der Waals surface area contributed by atoms with E-state index in [1.807, 2.05) is 13.8 Å². The van der Waals surface area contributed by atoms with Crippen molar-refractivity contribution in [1.82, 2.24) is 9.29 Å². The molecule has 0 fully saturated rings. The smallest absolute Gasteiger partial charge is 0.337 e. The van der Waals surface area contributed by atoms with Crippen molar-refractivity contribution in [3.8, 4) is 0 Å². The van der Waals surface area contributed by atoms with Gasteiger partial charge in [-0.05, 0) is 18.2 Å². The number of halogens is 1. The van der Waals surface area contributed by atoms with Gasteiger partial charge in [-0.25, -0.2) is 18.2 Å². The molecule has 0 atom stereocenters. The summed E-state index contributed by atoms with van der Waals surface area (Å²) in [4.78, 5) is 15.5. The lowest BCUT2D eigenvalue weighted by atomic mass is 10.2.